The van der Waals surface area contributed by atoms with Crippen LogP contribution in [0, 0.1) is 11.3 Å². The summed E-state index contributed by atoms with van der Waals surface area (Å²) in [5, 5.41) is 11.9. The van der Waals surface area contributed by atoms with Gasteiger partial charge >= 0.3 is 0 Å². The fourth-order valence-electron chi connectivity index (χ4n) is 3.32. The molecule has 0 saturated carbocycles. The van der Waals surface area contributed by atoms with Crippen molar-refractivity contribution < 1.29 is 14.3 Å². The molecule has 0 atom stereocenters. The van der Waals surface area contributed by atoms with E-state index in [0.717, 1.165) is 45.1 Å². The molecule has 1 aliphatic rings. The lowest BCUT2D eigenvalue weighted by Gasteiger charge is -2.34. The highest BCUT2D eigenvalue weighted by atomic mass is 16.5. The van der Waals surface area contributed by atoms with Gasteiger partial charge in [0.25, 0.3) is 5.91 Å². The molecule has 9 nitrogen and oxygen atoms in total. The molecule has 0 spiro atoms. The molecule has 0 aliphatic carbocycles. The van der Waals surface area contributed by atoms with Crippen molar-refractivity contribution in [3.63, 3.8) is 0 Å². The van der Waals surface area contributed by atoms with Crippen LogP contribution in [-0.4, -0.2) is 73.3 Å². The number of hydrogen-bond acceptors (Lipinski definition) is 8. The number of rotatable bonds is 10. The van der Waals surface area contributed by atoms with Crippen LogP contribution in [0.1, 0.15) is 18.9 Å². The number of nitrogens with zero attached hydrogens (tertiary/aromatic N) is 5. The Bertz CT molecular complexity index is 879. The quantitative estimate of drug-likeness (QED) is 0.572. The maximum absolute atomic E-state index is 12.1. The lowest BCUT2D eigenvalue weighted by molar-refractivity contribution is -0.123. The van der Waals surface area contributed by atoms with Crippen LogP contribution in [0.5, 0.6) is 11.5 Å². The Morgan fingerprint density at radius 3 is 2.65 bits per heavy atom. The lowest BCUT2D eigenvalue weighted by atomic mass is 10.2. The smallest absolute Gasteiger partial charge is 0.257 e. The van der Waals surface area contributed by atoms with Crippen molar-refractivity contribution in [2.45, 2.75) is 13.3 Å². The molecule has 3 rings (SSSR count). The van der Waals surface area contributed by atoms with Crippen molar-refractivity contribution in [3.8, 4) is 17.6 Å². The second kappa shape index (κ2) is 11.7. The van der Waals surface area contributed by atoms with Crippen molar-refractivity contribution in [1.29, 1.82) is 5.26 Å². The molecule has 1 aromatic carbocycles. The predicted octanol–water partition coefficient (Wildman–Crippen LogP) is 1.45. The molecular weight excluding hydrogens is 396 g/mol. The van der Waals surface area contributed by atoms with Crippen molar-refractivity contribution >= 4 is 11.9 Å². The minimum absolute atomic E-state index is 0.0955. The van der Waals surface area contributed by atoms with E-state index >= 15 is 0 Å². The van der Waals surface area contributed by atoms with Gasteiger partial charge in [0.15, 0.2) is 18.1 Å². The summed E-state index contributed by atoms with van der Waals surface area (Å²) < 4.78 is 11.1. The number of ether oxygens (including phenoxy) is 2. The fourth-order valence-corrected chi connectivity index (χ4v) is 3.32. The Hall–Kier alpha value is -3.38. The Kier molecular flexibility index (Phi) is 8.43. The Labute approximate surface area is 182 Å². The number of hydrogen-bond donors (Lipinski definition) is 1. The van der Waals surface area contributed by atoms with Gasteiger partial charge in [0.2, 0.25) is 5.95 Å². The number of nitrogens with one attached hydrogen (secondary N) is 1. The van der Waals surface area contributed by atoms with E-state index in [1.807, 2.05) is 13.0 Å². The van der Waals surface area contributed by atoms with Crippen molar-refractivity contribution in [1.82, 2.24) is 20.2 Å². The average molecular weight is 425 g/mol. The van der Waals surface area contributed by atoms with Gasteiger partial charge in [-0.1, -0.05) is 0 Å². The molecule has 1 amide bonds. The first-order valence-electron chi connectivity index (χ1n) is 10.5. The van der Waals surface area contributed by atoms with E-state index in [0.29, 0.717) is 30.2 Å². The van der Waals surface area contributed by atoms with Gasteiger partial charge in [0.1, 0.15) is 0 Å². The molecular formula is C22H28N6O3. The number of piperazine rings is 1. The van der Waals surface area contributed by atoms with Gasteiger partial charge in [0, 0.05) is 51.2 Å². The second-order valence-corrected chi connectivity index (χ2v) is 7.08. The number of carbonyl (C=O) groups is 1. The van der Waals surface area contributed by atoms with Crippen LogP contribution in [0.15, 0.2) is 36.7 Å². The van der Waals surface area contributed by atoms with Gasteiger partial charge in [-0.25, -0.2) is 9.97 Å². The van der Waals surface area contributed by atoms with Crippen LogP contribution in [0.3, 0.4) is 0 Å². The molecule has 0 bridgehead atoms. The molecule has 2 heterocycles. The molecule has 0 unspecified atom stereocenters. The third-order valence-corrected chi connectivity index (χ3v) is 4.91. The zero-order chi connectivity index (χ0) is 21.9. The highest BCUT2D eigenvalue weighted by molar-refractivity contribution is 5.77. The van der Waals surface area contributed by atoms with Crippen LogP contribution < -0.4 is 19.7 Å². The maximum Gasteiger partial charge on any atom is 0.257 e. The van der Waals surface area contributed by atoms with E-state index in [9.17, 15) is 4.79 Å². The minimum Gasteiger partial charge on any atom is -0.490 e. The first-order valence-corrected chi connectivity index (χ1v) is 10.5. The molecule has 164 valence electrons. The van der Waals surface area contributed by atoms with Gasteiger partial charge in [0.05, 0.1) is 18.2 Å². The first-order chi connectivity index (χ1) is 15.2. The van der Waals surface area contributed by atoms with Gasteiger partial charge < -0.3 is 19.7 Å². The van der Waals surface area contributed by atoms with Crippen molar-refractivity contribution in [2.75, 3.05) is 57.4 Å². The Morgan fingerprint density at radius 2 is 1.94 bits per heavy atom. The first kappa shape index (κ1) is 22.3. The number of benzene rings is 1. The summed E-state index contributed by atoms with van der Waals surface area (Å²) in [5.41, 5.74) is 0.484. The van der Waals surface area contributed by atoms with Crippen molar-refractivity contribution in [2.24, 2.45) is 0 Å². The highest BCUT2D eigenvalue weighted by Crippen LogP contribution is 2.28. The SMILES string of the molecule is CCOc1cc(C#N)ccc1OCC(=O)NCCCN1CCN(c2ncccn2)CC1. The lowest BCUT2D eigenvalue weighted by Crippen LogP contribution is -2.47. The minimum atomic E-state index is -0.183. The normalized spacial score (nSPS) is 14.0. The summed E-state index contributed by atoms with van der Waals surface area (Å²) in [4.78, 5) is 25.3. The van der Waals surface area contributed by atoms with E-state index in [4.69, 9.17) is 14.7 Å². The van der Waals surface area contributed by atoms with Crippen LogP contribution in [-0.2, 0) is 4.79 Å². The van der Waals surface area contributed by atoms with E-state index in [-0.39, 0.29) is 12.5 Å². The largest absolute Gasteiger partial charge is 0.490 e. The van der Waals surface area contributed by atoms with E-state index < -0.39 is 0 Å². The zero-order valence-electron chi connectivity index (χ0n) is 17.8. The highest BCUT2D eigenvalue weighted by Gasteiger charge is 2.18. The summed E-state index contributed by atoms with van der Waals surface area (Å²) in [6, 6.07) is 8.78. The summed E-state index contributed by atoms with van der Waals surface area (Å²) >= 11 is 0. The number of aromatic nitrogens is 2. The molecule has 1 N–H and O–H groups in total. The predicted molar refractivity (Wildman–Crippen MR) is 116 cm³/mol. The van der Waals surface area contributed by atoms with Crippen LogP contribution in [0.2, 0.25) is 0 Å². The zero-order valence-corrected chi connectivity index (χ0v) is 17.8. The standard InChI is InChI=1S/C22H28N6O3/c1-2-30-20-15-18(16-23)5-6-19(20)31-17-21(29)24-9-4-10-27-11-13-28(14-12-27)22-25-7-3-8-26-22/h3,5-8,15H,2,4,9-14,17H2,1H3,(H,24,29). The summed E-state index contributed by atoms with van der Waals surface area (Å²) in [5.74, 6) is 1.52. The molecule has 0 radical (unpaired) electrons. The average Bonchev–Trinajstić information content (AvgIpc) is 2.82. The van der Waals surface area contributed by atoms with E-state index in [1.165, 1.54) is 0 Å². The molecule has 1 aliphatic heterocycles. The van der Waals surface area contributed by atoms with Gasteiger partial charge in [-0.05, 0) is 38.1 Å². The summed E-state index contributed by atoms with van der Waals surface area (Å²) in [7, 11) is 0. The molecule has 31 heavy (non-hydrogen) atoms. The molecule has 2 aromatic rings. The van der Waals surface area contributed by atoms with Crippen molar-refractivity contribution in [3.05, 3.63) is 42.2 Å². The molecule has 1 aromatic heterocycles. The number of amides is 1. The second-order valence-electron chi connectivity index (χ2n) is 7.08. The Morgan fingerprint density at radius 1 is 1.16 bits per heavy atom. The topological polar surface area (TPSA) is 104 Å². The van der Waals surface area contributed by atoms with Crippen LogP contribution >= 0.6 is 0 Å². The number of carbonyl (C=O) groups excluding carboxylic acids is 1. The van der Waals surface area contributed by atoms with Gasteiger partial charge in [-0.15, -0.1) is 0 Å². The monoisotopic (exact) mass is 424 g/mol. The van der Waals surface area contributed by atoms with E-state index in [1.54, 1.807) is 30.6 Å². The molecule has 1 saturated heterocycles. The van der Waals surface area contributed by atoms with Gasteiger partial charge in [-0.2, -0.15) is 5.26 Å². The number of nitriles is 1. The number of anilines is 1. The fraction of sp³-hybridized carbons (Fsp3) is 0.455. The summed E-state index contributed by atoms with van der Waals surface area (Å²) in [6.07, 6.45) is 4.40. The third kappa shape index (κ3) is 6.83. The molecule has 1 fully saturated rings. The molecule has 9 heteroatoms. The van der Waals surface area contributed by atoms with Crippen LogP contribution in [0.25, 0.3) is 0 Å². The van der Waals surface area contributed by atoms with E-state index in [2.05, 4.69) is 31.2 Å². The summed E-state index contributed by atoms with van der Waals surface area (Å²) in [6.45, 7) is 7.43. The maximum atomic E-state index is 12.1. The van der Waals surface area contributed by atoms with Crippen LogP contribution in [0.4, 0.5) is 5.95 Å². The van der Waals surface area contributed by atoms with Gasteiger partial charge in [-0.3, -0.25) is 9.69 Å². The third-order valence-electron chi connectivity index (χ3n) is 4.91. The Balaban J connectivity index is 1.32.